The van der Waals surface area contributed by atoms with E-state index in [1.54, 1.807) is 12.3 Å². The normalized spacial score (nSPS) is 10.5. The molecule has 3 heteroatoms. The summed E-state index contributed by atoms with van der Waals surface area (Å²) in [6, 6.07) is 3.07. The van der Waals surface area contributed by atoms with Gasteiger partial charge in [-0.15, -0.1) is 0 Å². The Labute approximate surface area is 74.6 Å². The van der Waals surface area contributed by atoms with Gasteiger partial charge in [0.15, 0.2) is 6.29 Å². The first-order valence-electron chi connectivity index (χ1n) is 3.88. The number of carbonyl (C=O) groups excluding carboxylic acids is 1. The number of aldehydes is 1. The summed E-state index contributed by atoms with van der Waals surface area (Å²) in [5.74, 6) is -0.0446. The number of phenols is 1. The predicted octanol–water partition coefficient (Wildman–Crippen LogP) is 2.26. The number of hydrogen-bond donors (Lipinski definition) is 1. The van der Waals surface area contributed by atoms with Gasteiger partial charge in [0.1, 0.15) is 11.3 Å². The number of aromatic hydroxyl groups is 1. The Balaban J connectivity index is 2.84. The monoisotopic (exact) mass is 176 g/mol. The summed E-state index contributed by atoms with van der Waals surface area (Å²) < 4.78 is 5.15. The fourth-order valence-corrected chi connectivity index (χ4v) is 1.30. The van der Waals surface area contributed by atoms with Crippen LogP contribution in [0.1, 0.15) is 15.9 Å². The second-order valence-corrected chi connectivity index (χ2v) is 2.94. The summed E-state index contributed by atoms with van der Waals surface area (Å²) in [5, 5.41) is 10.2. The van der Waals surface area contributed by atoms with E-state index < -0.39 is 0 Å². The zero-order chi connectivity index (χ0) is 9.42. The van der Waals surface area contributed by atoms with Crippen LogP contribution >= 0.6 is 0 Å². The van der Waals surface area contributed by atoms with Crippen molar-refractivity contribution in [2.75, 3.05) is 0 Å². The standard InChI is InChI=1S/C10H8O3/c1-6-5-13-10-3-9(12)7(4-11)2-8(6)10/h2-5,12H,1H3. The maximum absolute atomic E-state index is 10.5. The van der Waals surface area contributed by atoms with Crippen molar-refractivity contribution in [2.24, 2.45) is 0 Å². The molecule has 1 heterocycles. The van der Waals surface area contributed by atoms with Crippen LogP contribution < -0.4 is 0 Å². The number of hydrogen-bond acceptors (Lipinski definition) is 3. The number of aryl methyl sites for hydroxylation is 1. The molecule has 0 saturated heterocycles. The highest BCUT2D eigenvalue weighted by molar-refractivity contribution is 5.91. The molecule has 66 valence electrons. The van der Waals surface area contributed by atoms with Gasteiger partial charge in [0.2, 0.25) is 0 Å². The van der Waals surface area contributed by atoms with Crippen molar-refractivity contribution in [1.29, 1.82) is 0 Å². The number of rotatable bonds is 1. The van der Waals surface area contributed by atoms with Gasteiger partial charge in [-0.05, 0) is 18.6 Å². The molecule has 0 aliphatic heterocycles. The molecule has 1 aromatic heterocycles. The van der Waals surface area contributed by atoms with Crippen LogP contribution in [0.2, 0.25) is 0 Å². The topological polar surface area (TPSA) is 50.4 Å². The number of furan rings is 1. The average molecular weight is 176 g/mol. The van der Waals surface area contributed by atoms with Crippen LogP contribution in [-0.4, -0.2) is 11.4 Å². The summed E-state index contributed by atoms with van der Waals surface area (Å²) in [7, 11) is 0. The number of fused-ring (bicyclic) bond motifs is 1. The molecule has 2 aromatic rings. The summed E-state index contributed by atoms with van der Waals surface area (Å²) >= 11 is 0. The average Bonchev–Trinajstić information content (AvgIpc) is 2.46. The quantitative estimate of drug-likeness (QED) is 0.678. The van der Waals surface area contributed by atoms with Gasteiger partial charge in [-0.25, -0.2) is 0 Å². The lowest BCUT2D eigenvalue weighted by molar-refractivity contribution is 0.112. The van der Waals surface area contributed by atoms with E-state index >= 15 is 0 Å². The van der Waals surface area contributed by atoms with Crippen molar-refractivity contribution in [3.63, 3.8) is 0 Å². The first kappa shape index (κ1) is 7.86. The Morgan fingerprint density at radius 2 is 2.23 bits per heavy atom. The van der Waals surface area contributed by atoms with E-state index in [0.717, 1.165) is 10.9 Å². The molecule has 0 radical (unpaired) electrons. The zero-order valence-electron chi connectivity index (χ0n) is 7.07. The molecule has 1 aromatic carbocycles. The second-order valence-electron chi connectivity index (χ2n) is 2.94. The lowest BCUT2D eigenvalue weighted by atomic mass is 10.1. The summed E-state index contributed by atoms with van der Waals surface area (Å²) in [6.07, 6.45) is 2.22. The second kappa shape index (κ2) is 2.62. The smallest absolute Gasteiger partial charge is 0.153 e. The third kappa shape index (κ3) is 1.09. The van der Waals surface area contributed by atoms with E-state index in [9.17, 15) is 9.90 Å². The van der Waals surface area contributed by atoms with Gasteiger partial charge in [0, 0.05) is 11.5 Å². The molecule has 3 nitrogen and oxygen atoms in total. The van der Waals surface area contributed by atoms with Gasteiger partial charge in [0.05, 0.1) is 11.8 Å². The predicted molar refractivity (Wildman–Crippen MR) is 48.0 cm³/mol. The van der Waals surface area contributed by atoms with Crippen molar-refractivity contribution in [1.82, 2.24) is 0 Å². The fourth-order valence-electron chi connectivity index (χ4n) is 1.30. The van der Waals surface area contributed by atoms with Crippen LogP contribution in [0, 0.1) is 6.92 Å². The Kier molecular flexibility index (Phi) is 1.59. The molecule has 0 atom stereocenters. The number of benzene rings is 1. The van der Waals surface area contributed by atoms with Crippen molar-refractivity contribution in [2.45, 2.75) is 6.92 Å². The van der Waals surface area contributed by atoms with E-state index in [4.69, 9.17) is 4.42 Å². The first-order chi connectivity index (χ1) is 6.22. The van der Waals surface area contributed by atoms with Crippen LogP contribution in [0.25, 0.3) is 11.0 Å². The van der Waals surface area contributed by atoms with E-state index in [0.29, 0.717) is 11.9 Å². The van der Waals surface area contributed by atoms with Crippen LogP contribution in [-0.2, 0) is 0 Å². The van der Waals surface area contributed by atoms with Gasteiger partial charge in [0.25, 0.3) is 0 Å². The zero-order valence-corrected chi connectivity index (χ0v) is 7.07. The first-order valence-corrected chi connectivity index (χ1v) is 3.88. The highest BCUT2D eigenvalue weighted by Gasteiger charge is 2.07. The molecule has 0 fully saturated rings. The molecule has 0 aliphatic rings. The minimum Gasteiger partial charge on any atom is -0.507 e. The summed E-state index contributed by atoms with van der Waals surface area (Å²) in [6.45, 7) is 1.89. The van der Waals surface area contributed by atoms with Crippen molar-refractivity contribution in [3.8, 4) is 5.75 Å². The number of carbonyl (C=O) groups is 1. The molecule has 1 N–H and O–H groups in total. The molecule has 0 saturated carbocycles. The Bertz CT molecular complexity index is 468. The largest absolute Gasteiger partial charge is 0.507 e. The molecular formula is C10H8O3. The van der Waals surface area contributed by atoms with Crippen LogP contribution in [0.5, 0.6) is 5.75 Å². The Morgan fingerprint density at radius 3 is 2.92 bits per heavy atom. The molecule has 0 spiro atoms. The Hall–Kier alpha value is -1.77. The van der Waals surface area contributed by atoms with Gasteiger partial charge in [-0.3, -0.25) is 4.79 Å². The maximum Gasteiger partial charge on any atom is 0.153 e. The van der Waals surface area contributed by atoms with Crippen molar-refractivity contribution < 1.29 is 14.3 Å². The van der Waals surface area contributed by atoms with Crippen LogP contribution in [0.4, 0.5) is 0 Å². The SMILES string of the molecule is Cc1coc2cc(O)c(C=O)cc12. The minimum absolute atomic E-state index is 0.0446. The maximum atomic E-state index is 10.5. The fraction of sp³-hybridized carbons (Fsp3) is 0.100. The third-order valence-electron chi connectivity index (χ3n) is 2.04. The van der Waals surface area contributed by atoms with Gasteiger partial charge in [-0.2, -0.15) is 0 Å². The number of phenolic OH excluding ortho intramolecular Hbond substituents is 1. The van der Waals surface area contributed by atoms with Crippen LogP contribution in [0.15, 0.2) is 22.8 Å². The van der Waals surface area contributed by atoms with E-state index in [1.165, 1.54) is 6.07 Å². The Morgan fingerprint density at radius 1 is 1.46 bits per heavy atom. The lowest BCUT2D eigenvalue weighted by Crippen LogP contribution is -1.80. The molecule has 0 aliphatic carbocycles. The van der Waals surface area contributed by atoms with Gasteiger partial charge < -0.3 is 9.52 Å². The van der Waals surface area contributed by atoms with E-state index in [-0.39, 0.29) is 11.3 Å². The summed E-state index contributed by atoms with van der Waals surface area (Å²) in [4.78, 5) is 10.5. The molecular weight excluding hydrogens is 168 g/mol. The van der Waals surface area contributed by atoms with Crippen molar-refractivity contribution >= 4 is 17.3 Å². The molecule has 0 bridgehead atoms. The van der Waals surface area contributed by atoms with Crippen molar-refractivity contribution in [3.05, 3.63) is 29.5 Å². The molecule has 13 heavy (non-hydrogen) atoms. The highest BCUT2D eigenvalue weighted by atomic mass is 16.3. The van der Waals surface area contributed by atoms with E-state index in [1.807, 2.05) is 6.92 Å². The summed E-state index contributed by atoms with van der Waals surface area (Å²) in [5.41, 5.74) is 1.84. The molecule has 2 rings (SSSR count). The van der Waals surface area contributed by atoms with Gasteiger partial charge >= 0.3 is 0 Å². The van der Waals surface area contributed by atoms with Gasteiger partial charge in [-0.1, -0.05) is 0 Å². The third-order valence-corrected chi connectivity index (χ3v) is 2.04. The van der Waals surface area contributed by atoms with E-state index in [2.05, 4.69) is 0 Å². The van der Waals surface area contributed by atoms with Crippen LogP contribution in [0.3, 0.4) is 0 Å². The lowest BCUT2D eigenvalue weighted by Gasteiger charge is -1.96. The molecule has 0 unspecified atom stereocenters. The minimum atomic E-state index is -0.0446. The molecule has 0 amide bonds. The highest BCUT2D eigenvalue weighted by Crippen LogP contribution is 2.27.